The molecule has 3 heterocycles. The maximum atomic E-state index is 12.2. The van der Waals surface area contributed by atoms with E-state index in [0.717, 1.165) is 18.4 Å². The number of fused-ring (bicyclic) bond motifs is 1. The molecule has 6 heteroatoms. The third kappa shape index (κ3) is 2.58. The summed E-state index contributed by atoms with van der Waals surface area (Å²) in [6, 6.07) is 4.19. The van der Waals surface area contributed by atoms with E-state index in [1.807, 2.05) is 12.1 Å². The molecule has 23 heavy (non-hydrogen) atoms. The second-order valence-corrected chi connectivity index (χ2v) is 6.29. The van der Waals surface area contributed by atoms with Crippen LogP contribution in [-0.2, 0) is 16.0 Å². The number of carbonyl (C=O) groups is 1. The molecule has 0 amide bonds. The summed E-state index contributed by atoms with van der Waals surface area (Å²) in [7, 11) is 0. The SMILES string of the molecule is O=C1OC(Cc2ccncc2)C(O)=C1C1=NC2CCCCC2N1. The normalized spacial score (nSPS) is 29.8. The van der Waals surface area contributed by atoms with Crippen molar-refractivity contribution in [2.24, 2.45) is 4.99 Å². The van der Waals surface area contributed by atoms with Crippen molar-refractivity contribution in [3.8, 4) is 0 Å². The van der Waals surface area contributed by atoms with Crippen LogP contribution in [0.2, 0.25) is 0 Å². The van der Waals surface area contributed by atoms with Gasteiger partial charge >= 0.3 is 5.97 Å². The number of nitrogens with zero attached hydrogens (tertiary/aromatic N) is 2. The van der Waals surface area contributed by atoms with Gasteiger partial charge in [0.15, 0.2) is 11.9 Å². The van der Waals surface area contributed by atoms with Crippen LogP contribution in [0.4, 0.5) is 0 Å². The van der Waals surface area contributed by atoms with Gasteiger partial charge in [0.25, 0.3) is 0 Å². The molecular weight excluding hydrogens is 294 g/mol. The molecule has 3 aliphatic rings. The minimum Gasteiger partial charge on any atom is -0.507 e. The molecule has 0 spiro atoms. The first kappa shape index (κ1) is 14.2. The van der Waals surface area contributed by atoms with Crippen molar-refractivity contribution in [2.75, 3.05) is 0 Å². The van der Waals surface area contributed by atoms with E-state index in [1.165, 1.54) is 12.8 Å². The van der Waals surface area contributed by atoms with Gasteiger partial charge in [-0.15, -0.1) is 0 Å². The molecule has 1 saturated carbocycles. The van der Waals surface area contributed by atoms with E-state index in [1.54, 1.807) is 12.4 Å². The highest BCUT2D eigenvalue weighted by Gasteiger charge is 2.41. The minimum atomic E-state index is -0.646. The summed E-state index contributed by atoms with van der Waals surface area (Å²) in [4.78, 5) is 20.8. The van der Waals surface area contributed by atoms with Crippen molar-refractivity contribution < 1.29 is 14.6 Å². The Balaban J connectivity index is 1.56. The number of cyclic esters (lactones) is 1. The summed E-state index contributed by atoms with van der Waals surface area (Å²) < 4.78 is 5.35. The standard InChI is InChI=1S/C17H19N3O3/c21-15-13(9-10-5-7-18-8-6-10)23-17(22)14(15)16-19-11-3-1-2-4-12(11)20-16/h5-8,11-13,21H,1-4,9H2,(H,19,20). The Hall–Kier alpha value is -2.37. The highest BCUT2D eigenvalue weighted by molar-refractivity contribution is 6.21. The molecule has 2 N–H and O–H groups in total. The van der Waals surface area contributed by atoms with Crippen LogP contribution in [0.5, 0.6) is 0 Å². The van der Waals surface area contributed by atoms with Crippen LogP contribution in [0.15, 0.2) is 40.9 Å². The predicted molar refractivity (Wildman–Crippen MR) is 84.1 cm³/mol. The van der Waals surface area contributed by atoms with Crippen LogP contribution in [-0.4, -0.2) is 40.1 Å². The van der Waals surface area contributed by atoms with E-state index in [9.17, 15) is 9.90 Å². The number of aliphatic hydroxyl groups is 1. The second kappa shape index (κ2) is 5.68. The molecule has 0 saturated heterocycles. The van der Waals surface area contributed by atoms with Gasteiger partial charge < -0.3 is 15.2 Å². The third-order valence-corrected chi connectivity index (χ3v) is 4.77. The van der Waals surface area contributed by atoms with Crippen LogP contribution >= 0.6 is 0 Å². The number of aromatic nitrogens is 1. The van der Waals surface area contributed by atoms with Gasteiger partial charge in [0, 0.05) is 24.9 Å². The van der Waals surface area contributed by atoms with E-state index < -0.39 is 12.1 Å². The van der Waals surface area contributed by atoms with E-state index in [4.69, 9.17) is 4.74 Å². The Morgan fingerprint density at radius 3 is 2.83 bits per heavy atom. The first-order valence-electron chi connectivity index (χ1n) is 8.10. The second-order valence-electron chi connectivity index (χ2n) is 6.29. The zero-order chi connectivity index (χ0) is 15.8. The Bertz CT molecular complexity index is 684. The molecule has 0 radical (unpaired) electrons. The van der Waals surface area contributed by atoms with Crippen LogP contribution in [0.3, 0.4) is 0 Å². The van der Waals surface area contributed by atoms with Crippen LogP contribution < -0.4 is 5.32 Å². The molecule has 1 aliphatic carbocycles. The van der Waals surface area contributed by atoms with Gasteiger partial charge in [-0.2, -0.15) is 0 Å². The molecule has 0 aromatic carbocycles. The lowest BCUT2D eigenvalue weighted by Gasteiger charge is -2.23. The molecule has 1 aromatic heterocycles. The van der Waals surface area contributed by atoms with Crippen molar-refractivity contribution in [1.29, 1.82) is 0 Å². The maximum absolute atomic E-state index is 12.2. The third-order valence-electron chi connectivity index (χ3n) is 4.77. The maximum Gasteiger partial charge on any atom is 0.346 e. The fraction of sp³-hybridized carbons (Fsp3) is 0.471. The summed E-state index contributed by atoms with van der Waals surface area (Å²) in [5.74, 6) is -0.00945. The van der Waals surface area contributed by atoms with Crippen molar-refractivity contribution in [2.45, 2.75) is 50.3 Å². The summed E-state index contributed by atoms with van der Waals surface area (Å²) >= 11 is 0. The van der Waals surface area contributed by atoms with E-state index >= 15 is 0 Å². The fourth-order valence-electron chi connectivity index (χ4n) is 3.55. The number of aliphatic imine (C=N–C) groups is 1. The van der Waals surface area contributed by atoms with Crippen molar-refractivity contribution >= 4 is 11.8 Å². The van der Waals surface area contributed by atoms with Gasteiger partial charge in [-0.3, -0.25) is 9.98 Å². The zero-order valence-electron chi connectivity index (χ0n) is 12.7. The molecule has 6 nitrogen and oxygen atoms in total. The number of hydrogen-bond acceptors (Lipinski definition) is 6. The first-order chi connectivity index (χ1) is 11.2. The Morgan fingerprint density at radius 1 is 1.26 bits per heavy atom. The number of carbonyl (C=O) groups excluding carboxylic acids is 1. The molecule has 3 atom stereocenters. The van der Waals surface area contributed by atoms with E-state index in [2.05, 4.69) is 15.3 Å². The Kier molecular flexibility index (Phi) is 3.52. The number of aliphatic hydroxyl groups excluding tert-OH is 1. The average Bonchev–Trinajstić information content (AvgIpc) is 3.09. The molecule has 1 fully saturated rings. The molecular formula is C17H19N3O3. The molecule has 4 rings (SSSR count). The summed E-state index contributed by atoms with van der Waals surface area (Å²) in [6.07, 6.45) is 7.58. The van der Waals surface area contributed by atoms with E-state index in [-0.39, 0.29) is 23.4 Å². The van der Waals surface area contributed by atoms with Gasteiger partial charge in [-0.1, -0.05) is 12.8 Å². The van der Waals surface area contributed by atoms with Gasteiger partial charge in [-0.05, 0) is 30.5 Å². The minimum absolute atomic E-state index is 0.0169. The number of rotatable bonds is 3. The van der Waals surface area contributed by atoms with Crippen LogP contribution in [0.1, 0.15) is 31.2 Å². The van der Waals surface area contributed by atoms with Crippen molar-refractivity contribution in [3.63, 3.8) is 0 Å². The number of hydrogen-bond donors (Lipinski definition) is 2. The van der Waals surface area contributed by atoms with Gasteiger partial charge in [-0.25, -0.2) is 4.79 Å². The number of pyridine rings is 1. The first-order valence-corrected chi connectivity index (χ1v) is 8.10. The number of nitrogens with one attached hydrogen (secondary N) is 1. The smallest absolute Gasteiger partial charge is 0.346 e. The van der Waals surface area contributed by atoms with Gasteiger partial charge in [0.05, 0.1) is 6.04 Å². The topological polar surface area (TPSA) is 83.8 Å². The van der Waals surface area contributed by atoms with Crippen molar-refractivity contribution in [1.82, 2.24) is 10.3 Å². The monoisotopic (exact) mass is 313 g/mol. The highest BCUT2D eigenvalue weighted by Crippen LogP contribution is 2.30. The van der Waals surface area contributed by atoms with Gasteiger partial charge in [0.2, 0.25) is 0 Å². The van der Waals surface area contributed by atoms with Crippen LogP contribution in [0, 0.1) is 0 Å². The highest BCUT2D eigenvalue weighted by atomic mass is 16.6. The number of esters is 1. The summed E-state index contributed by atoms with van der Waals surface area (Å²) in [5.41, 5.74) is 1.17. The van der Waals surface area contributed by atoms with Crippen LogP contribution in [0.25, 0.3) is 0 Å². The molecule has 0 bridgehead atoms. The molecule has 2 aliphatic heterocycles. The average molecular weight is 313 g/mol. The molecule has 3 unspecified atom stereocenters. The fourth-order valence-corrected chi connectivity index (χ4v) is 3.55. The Labute approximate surface area is 134 Å². The van der Waals surface area contributed by atoms with Gasteiger partial charge in [0.1, 0.15) is 11.4 Å². The summed E-state index contributed by atoms with van der Waals surface area (Å²) in [5, 5.41) is 13.8. The van der Waals surface area contributed by atoms with Crippen molar-refractivity contribution in [3.05, 3.63) is 41.4 Å². The number of amidine groups is 1. The van der Waals surface area contributed by atoms with E-state index in [0.29, 0.717) is 12.3 Å². The quantitative estimate of drug-likeness (QED) is 0.829. The molecule has 1 aromatic rings. The number of ether oxygens (including phenoxy) is 1. The molecule has 120 valence electrons. The largest absolute Gasteiger partial charge is 0.507 e. The predicted octanol–water partition coefficient (Wildman–Crippen LogP) is 1.67. The lowest BCUT2D eigenvalue weighted by atomic mass is 9.92. The lowest BCUT2D eigenvalue weighted by molar-refractivity contribution is -0.139. The Morgan fingerprint density at radius 2 is 2.04 bits per heavy atom. The summed E-state index contributed by atoms with van der Waals surface area (Å²) in [6.45, 7) is 0. The zero-order valence-corrected chi connectivity index (χ0v) is 12.7. The lowest BCUT2D eigenvalue weighted by Crippen LogP contribution is -2.37.